The quantitative estimate of drug-likeness (QED) is 0.751. The number of benzene rings is 2. The van der Waals surface area contributed by atoms with E-state index in [4.69, 9.17) is 14.6 Å². The molecule has 0 unspecified atom stereocenters. The van der Waals surface area contributed by atoms with E-state index in [0.717, 1.165) is 0 Å². The zero-order chi connectivity index (χ0) is 15.5. The first-order valence-corrected chi connectivity index (χ1v) is 6.77. The fourth-order valence-electron chi connectivity index (χ4n) is 2.38. The Labute approximate surface area is 127 Å². The van der Waals surface area contributed by atoms with Crippen molar-refractivity contribution in [2.24, 2.45) is 0 Å². The number of aliphatic hydroxyl groups excluding tert-OH is 1. The summed E-state index contributed by atoms with van der Waals surface area (Å²) in [5.74, 6) is 1.16. The lowest BCUT2D eigenvalue weighted by atomic mass is 10.1. The van der Waals surface area contributed by atoms with E-state index in [-0.39, 0.29) is 5.56 Å². The third kappa shape index (κ3) is 2.42. The number of nitrogens with zero attached hydrogens (tertiary/aromatic N) is 1. The molecule has 3 rings (SSSR count). The first-order valence-electron chi connectivity index (χ1n) is 6.77. The van der Waals surface area contributed by atoms with Crippen molar-refractivity contribution in [3.8, 4) is 17.2 Å². The van der Waals surface area contributed by atoms with Crippen LogP contribution >= 0.6 is 0 Å². The molecule has 1 heterocycles. The smallest absolute Gasteiger partial charge is 0.263 e. The van der Waals surface area contributed by atoms with Crippen molar-refractivity contribution in [1.82, 2.24) is 4.57 Å². The Bertz CT molecular complexity index is 853. The third-order valence-corrected chi connectivity index (χ3v) is 3.46. The molecule has 0 radical (unpaired) electrons. The van der Waals surface area contributed by atoms with Crippen LogP contribution in [-0.4, -0.2) is 23.6 Å². The predicted molar refractivity (Wildman–Crippen MR) is 83.8 cm³/mol. The molecule has 5 nitrogen and oxygen atoms in total. The standard InChI is InChI=1S/C17H15NO4/c1-21-13-8-6-12(7-9-13)18-10-16(22-11-19)14-4-2-3-5-15(14)17(18)20/h2-10,19H,11H2,1H3. The summed E-state index contributed by atoms with van der Waals surface area (Å²) in [7, 11) is 1.59. The summed E-state index contributed by atoms with van der Waals surface area (Å²) in [6.07, 6.45) is 1.59. The summed E-state index contributed by atoms with van der Waals surface area (Å²) < 4.78 is 11.9. The zero-order valence-electron chi connectivity index (χ0n) is 12.0. The molecule has 22 heavy (non-hydrogen) atoms. The molecule has 0 atom stereocenters. The number of fused-ring (bicyclic) bond motifs is 1. The molecule has 0 amide bonds. The van der Waals surface area contributed by atoms with Gasteiger partial charge in [0.1, 0.15) is 11.5 Å². The molecule has 0 saturated heterocycles. The molecule has 0 saturated carbocycles. The van der Waals surface area contributed by atoms with Crippen molar-refractivity contribution in [2.45, 2.75) is 0 Å². The molecule has 1 N–H and O–H groups in total. The van der Waals surface area contributed by atoms with Crippen LogP contribution in [0.4, 0.5) is 0 Å². The molecule has 2 aromatic carbocycles. The van der Waals surface area contributed by atoms with Crippen molar-refractivity contribution in [2.75, 3.05) is 13.9 Å². The lowest BCUT2D eigenvalue weighted by Gasteiger charge is -2.12. The van der Waals surface area contributed by atoms with Crippen LogP contribution in [0.15, 0.2) is 59.5 Å². The molecule has 0 fully saturated rings. The molecular formula is C17H15NO4. The number of hydrogen-bond donors (Lipinski definition) is 1. The highest BCUT2D eigenvalue weighted by atomic mass is 16.6. The number of methoxy groups -OCH3 is 1. The number of hydrogen-bond acceptors (Lipinski definition) is 4. The van der Waals surface area contributed by atoms with Gasteiger partial charge in [-0.05, 0) is 30.3 Å². The van der Waals surface area contributed by atoms with E-state index < -0.39 is 6.79 Å². The molecule has 0 aliphatic rings. The van der Waals surface area contributed by atoms with Gasteiger partial charge in [0, 0.05) is 11.1 Å². The Kier molecular flexibility index (Phi) is 3.80. The second kappa shape index (κ2) is 5.91. The molecule has 5 heteroatoms. The average molecular weight is 297 g/mol. The number of rotatable bonds is 4. The highest BCUT2D eigenvalue weighted by Gasteiger charge is 2.10. The Morgan fingerprint density at radius 2 is 1.73 bits per heavy atom. The summed E-state index contributed by atoms with van der Waals surface area (Å²) in [6.45, 7) is -0.454. The minimum atomic E-state index is -0.454. The van der Waals surface area contributed by atoms with Gasteiger partial charge < -0.3 is 14.6 Å². The van der Waals surface area contributed by atoms with Crippen molar-refractivity contribution in [3.05, 3.63) is 65.1 Å². The van der Waals surface area contributed by atoms with Gasteiger partial charge in [-0.25, -0.2) is 0 Å². The maximum absolute atomic E-state index is 12.7. The lowest BCUT2D eigenvalue weighted by Crippen LogP contribution is -2.18. The highest BCUT2D eigenvalue weighted by Crippen LogP contribution is 2.24. The van der Waals surface area contributed by atoms with Gasteiger partial charge in [-0.1, -0.05) is 18.2 Å². The van der Waals surface area contributed by atoms with Crippen LogP contribution in [0.5, 0.6) is 11.5 Å². The SMILES string of the molecule is COc1ccc(-n2cc(OCO)c3ccccc3c2=O)cc1. The molecule has 0 aliphatic carbocycles. The Morgan fingerprint density at radius 1 is 1.05 bits per heavy atom. The maximum Gasteiger partial charge on any atom is 0.263 e. The summed E-state index contributed by atoms with van der Waals surface area (Å²) >= 11 is 0. The summed E-state index contributed by atoms with van der Waals surface area (Å²) in [5.41, 5.74) is 0.547. The van der Waals surface area contributed by atoms with E-state index >= 15 is 0 Å². The summed E-state index contributed by atoms with van der Waals surface area (Å²) in [4.78, 5) is 12.7. The fourth-order valence-corrected chi connectivity index (χ4v) is 2.38. The van der Waals surface area contributed by atoms with Gasteiger partial charge in [0.25, 0.3) is 5.56 Å². The Morgan fingerprint density at radius 3 is 2.36 bits per heavy atom. The van der Waals surface area contributed by atoms with E-state index in [2.05, 4.69) is 0 Å². The van der Waals surface area contributed by atoms with Crippen LogP contribution in [-0.2, 0) is 0 Å². The van der Waals surface area contributed by atoms with Crippen molar-refractivity contribution >= 4 is 10.8 Å². The van der Waals surface area contributed by atoms with Crippen LogP contribution < -0.4 is 15.0 Å². The van der Waals surface area contributed by atoms with Crippen molar-refractivity contribution < 1.29 is 14.6 Å². The van der Waals surface area contributed by atoms with Crippen LogP contribution in [0, 0.1) is 0 Å². The van der Waals surface area contributed by atoms with Crippen LogP contribution in [0.25, 0.3) is 16.5 Å². The number of pyridine rings is 1. The third-order valence-electron chi connectivity index (χ3n) is 3.46. The monoisotopic (exact) mass is 297 g/mol. The minimum absolute atomic E-state index is 0.147. The van der Waals surface area contributed by atoms with E-state index in [1.54, 1.807) is 55.8 Å². The molecular weight excluding hydrogens is 282 g/mol. The average Bonchev–Trinajstić information content (AvgIpc) is 2.58. The van der Waals surface area contributed by atoms with Crippen molar-refractivity contribution in [1.29, 1.82) is 0 Å². The van der Waals surface area contributed by atoms with E-state index in [1.165, 1.54) is 4.57 Å². The number of aliphatic hydroxyl groups is 1. The van der Waals surface area contributed by atoms with E-state index in [1.807, 2.05) is 6.07 Å². The largest absolute Gasteiger partial charge is 0.497 e. The molecule has 0 bridgehead atoms. The van der Waals surface area contributed by atoms with Gasteiger partial charge in [0.15, 0.2) is 6.79 Å². The van der Waals surface area contributed by atoms with Crippen molar-refractivity contribution in [3.63, 3.8) is 0 Å². The van der Waals surface area contributed by atoms with E-state index in [9.17, 15) is 4.79 Å². The number of aromatic nitrogens is 1. The Balaban J connectivity index is 2.24. The second-order valence-electron chi connectivity index (χ2n) is 4.69. The molecule has 0 aliphatic heterocycles. The summed E-state index contributed by atoms with van der Waals surface area (Å²) in [6, 6.07) is 14.3. The molecule has 3 aromatic rings. The molecule has 1 aromatic heterocycles. The van der Waals surface area contributed by atoms with Gasteiger partial charge in [0.05, 0.1) is 18.7 Å². The van der Waals surface area contributed by atoms with Gasteiger partial charge in [-0.3, -0.25) is 9.36 Å². The first kappa shape index (κ1) is 14.2. The van der Waals surface area contributed by atoms with Crippen LogP contribution in [0.3, 0.4) is 0 Å². The normalized spacial score (nSPS) is 10.6. The zero-order valence-corrected chi connectivity index (χ0v) is 12.0. The van der Waals surface area contributed by atoms with Gasteiger partial charge in [-0.2, -0.15) is 0 Å². The Hall–Kier alpha value is -2.79. The maximum atomic E-state index is 12.7. The first-order chi connectivity index (χ1) is 10.7. The van der Waals surface area contributed by atoms with E-state index in [0.29, 0.717) is 28.0 Å². The van der Waals surface area contributed by atoms with Crippen LogP contribution in [0.1, 0.15) is 0 Å². The predicted octanol–water partition coefficient (Wildman–Crippen LogP) is 2.33. The van der Waals surface area contributed by atoms with Gasteiger partial charge in [-0.15, -0.1) is 0 Å². The molecule has 0 spiro atoms. The minimum Gasteiger partial charge on any atom is -0.497 e. The van der Waals surface area contributed by atoms with Gasteiger partial charge >= 0.3 is 0 Å². The number of ether oxygens (including phenoxy) is 2. The highest BCUT2D eigenvalue weighted by molar-refractivity contribution is 5.87. The van der Waals surface area contributed by atoms with Gasteiger partial charge in [0.2, 0.25) is 0 Å². The van der Waals surface area contributed by atoms with Crippen LogP contribution in [0.2, 0.25) is 0 Å². The molecule has 112 valence electrons. The summed E-state index contributed by atoms with van der Waals surface area (Å²) in [5, 5.41) is 10.3. The fraction of sp³-hybridized carbons (Fsp3) is 0.118. The lowest BCUT2D eigenvalue weighted by molar-refractivity contribution is 0.0994. The second-order valence-corrected chi connectivity index (χ2v) is 4.69. The topological polar surface area (TPSA) is 60.7 Å².